The van der Waals surface area contributed by atoms with E-state index < -0.39 is 5.97 Å². The number of carbonyl (C=O) groups excluding carboxylic acids is 1. The summed E-state index contributed by atoms with van der Waals surface area (Å²) in [4.78, 5) is 39.5. The van der Waals surface area contributed by atoms with Gasteiger partial charge in [0, 0.05) is 86.7 Å². The molecule has 3 aliphatic heterocycles. The molecule has 2 saturated heterocycles. The highest BCUT2D eigenvalue weighted by atomic mass is 16.4. The van der Waals surface area contributed by atoms with Gasteiger partial charge in [0.1, 0.15) is 5.82 Å². The van der Waals surface area contributed by atoms with Crippen molar-refractivity contribution in [2.45, 2.75) is 77.6 Å². The van der Waals surface area contributed by atoms with Crippen LogP contribution in [-0.2, 0) is 22.4 Å². The molecule has 272 valence electrons. The van der Waals surface area contributed by atoms with E-state index in [9.17, 15) is 14.7 Å². The van der Waals surface area contributed by atoms with E-state index in [-0.39, 0.29) is 18.2 Å². The number of fused-ring (bicyclic) bond motifs is 1. The molecule has 2 aromatic heterocycles. The van der Waals surface area contributed by atoms with Crippen LogP contribution in [0, 0.1) is 19.8 Å². The Morgan fingerprint density at radius 1 is 1.08 bits per heavy atom. The Hall–Kier alpha value is -4.61. The van der Waals surface area contributed by atoms with Crippen LogP contribution in [0.3, 0.4) is 0 Å². The quantitative estimate of drug-likeness (QED) is 0.0864. The van der Waals surface area contributed by atoms with Crippen molar-refractivity contribution in [3.8, 4) is 5.69 Å². The number of carboxylic acids is 1. The van der Waals surface area contributed by atoms with Crippen LogP contribution in [0.25, 0.3) is 16.1 Å². The van der Waals surface area contributed by atoms with E-state index in [0.717, 1.165) is 91.6 Å². The normalized spacial score (nSPS) is 18.2. The Labute approximate surface area is 300 Å². The van der Waals surface area contributed by atoms with Gasteiger partial charge in [-0.25, -0.2) is 9.67 Å². The first-order chi connectivity index (χ1) is 24.7. The molecule has 51 heavy (non-hydrogen) atoms. The summed E-state index contributed by atoms with van der Waals surface area (Å²) in [5.41, 5.74) is 15.8. The van der Waals surface area contributed by atoms with Gasteiger partial charge in [-0.15, -0.1) is 0 Å². The van der Waals surface area contributed by atoms with E-state index in [1.54, 1.807) is 0 Å². The predicted molar refractivity (Wildman–Crippen MR) is 199 cm³/mol. The molecule has 1 aromatic carbocycles. The largest absolute Gasteiger partial charge is 0.481 e. The summed E-state index contributed by atoms with van der Waals surface area (Å²) in [5.74, 6) is 0.763. The summed E-state index contributed by atoms with van der Waals surface area (Å²) in [6.07, 6.45) is 7.31. The van der Waals surface area contributed by atoms with Gasteiger partial charge in [-0.3, -0.25) is 9.59 Å². The fraction of sp³-hybridized carbons (Fsp3) is 0.579. The smallest absolute Gasteiger partial charge is 0.304 e. The highest BCUT2D eigenvalue weighted by Crippen LogP contribution is 2.32. The highest BCUT2D eigenvalue weighted by molar-refractivity contribution is 5.76. The second kappa shape index (κ2) is 17.1. The summed E-state index contributed by atoms with van der Waals surface area (Å²) in [7, 11) is 0. The van der Waals surface area contributed by atoms with Crippen molar-refractivity contribution < 1.29 is 14.7 Å². The minimum Gasteiger partial charge on any atom is -0.481 e. The number of benzene rings is 1. The van der Waals surface area contributed by atoms with E-state index in [0.29, 0.717) is 64.4 Å². The standard InChI is InChI=1S/C38H52N10O3/c1-27-20-28(2)48(43-27)35-22-31(21-34(24-35)46-16-18-47(19-17-46)36(49)7-3-4-14-41-44-39)32(23-37(50)51)26-45-15-12-29(25-45)8-10-33-11-9-30-6-5-13-40-38(30)42-33/h9,11,20-22,24,29,32H,3-8,10,12-19,23,25-26H2,1-2H3,(H,40,42)(H,50,51)/t29-,32+/m1/s1. The number of carbonyl (C=O) groups is 2. The lowest BCUT2D eigenvalue weighted by atomic mass is 9.93. The van der Waals surface area contributed by atoms with Gasteiger partial charge in [0.05, 0.1) is 17.8 Å². The molecule has 2 atom stereocenters. The van der Waals surface area contributed by atoms with Crippen molar-refractivity contribution in [3.05, 3.63) is 75.0 Å². The summed E-state index contributed by atoms with van der Waals surface area (Å²) >= 11 is 0. The molecule has 2 fully saturated rings. The number of aromatic nitrogens is 3. The first kappa shape index (κ1) is 36.2. The van der Waals surface area contributed by atoms with Crippen LogP contribution in [-0.4, -0.2) is 100 Å². The van der Waals surface area contributed by atoms with Gasteiger partial charge >= 0.3 is 5.97 Å². The van der Waals surface area contributed by atoms with Crippen LogP contribution in [0.5, 0.6) is 0 Å². The fourth-order valence-electron chi connectivity index (χ4n) is 7.91. The second-order valence-corrected chi connectivity index (χ2v) is 14.5. The molecule has 13 nitrogen and oxygen atoms in total. The molecule has 0 saturated carbocycles. The lowest BCUT2D eigenvalue weighted by Gasteiger charge is -2.37. The SMILES string of the molecule is Cc1cc(C)n(-c2cc([C@@H](CC(=O)O)CN3CC[C@@H](CCc4ccc5c(n4)NCCC5)C3)cc(N3CCN(C(=O)CCCCN=[N+]=[N-])CC3)c2)n1. The maximum atomic E-state index is 12.9. The van der Waals surface area contributed by atoms with Crippen molar-refractivity contribution in [1.29, 1.82) is 0 Å². The third-order valence-electron chi connectivity index (χ3n) is 10.6. The highest BCUT2D eigenvalue weighted by Gasteiger charge is 2.28. The molecule has 3 aliphatic rings. The third kappa shape index (κ3) is 9.59. The molecule has 1 amide bonds. The van der Waals surface area contributed by atoms with Crippen LogP contribution in [0.2, 0.25) is 0 Å². The van der Waals surface area contributed by atoms with E-state index >= 15 is 0 Å². The van der Waals surface area contributed by atoms with Gasteiger partial charge < -0.3 is 25.1 Å². The number of piperazine rings is 1. The molecule has 0 radical (unpaired) electrons. The lowest BCUT2D eigenvalue weighted by molar-refractivity contribution is -0.137. The molecule has 0 unspecified atom stereocenters. The van der Waals surface area contributed by atoms with E-state index in [1.165, 1.54) is 5.56 Å². The monoisotopic (exact) mass is 696 g/mol. The first-order valence-electron chi connectivity index (χ1n) is 18.6. The van der Waals surface area contributed by atoms with Gasteiger partial charge in [-0.1, -0.05) is 11.2 Å². The average molecular weight is 697 g/mol. The molecule has 13 heteroatoms. The minimum absolute atomic E-state index is 0.0508. The maximum Gasteiger partial charge on any atom is 0.304 e. The fourth-order valence-corrected chi connectivity index (χ4v) is 7.91. The summed E-state index contributed by atoms with van der Waals surface area (Å²) in [5, 5.41) is 21.9. The molecule has 5 heterocycles. The number of amides is 1. The van der Waals surface area contributed by atoms with Gasteiger partial charge in [0.2, 0.25) is 5.91 Å². The number of anilines is 2. The number of pyridine rings is 1. The summed E-state index contributed by atoms with van der Waals surface area (Å²) in [6, 6.07) is 12.9. The number of rotatable bonds is 15. The van der Waals surface area contributed by atoms with Crippen molar-refractivity contribution in [1.82, 2.24) is 24.6 Å². The summed E-state index contributed by atoms with van der Waals surface area (Å²) < 4.78 is 1.95. The Morgan fingerprint density at radius 2 is 1.90 bits per heavy atom. The number of aryl methyl sites for hydroxylation is 4. The number of unbranched alkanes of at least 4 members (excludes halogenated alkanes) is 1. The number of aliphatic carboxylic acids is 1. The summed E-state index contributed by atoms with van der Waals surface area (Å²) in [6.45, 7) is 10.7. The van der Waals surface area contributed by atoms with Crippen LogP contribution in [0.1, 0.15) is 79.1 Å². The molecule has 0 spiro atoms. The van der Waals surface area contributed by atoms with Gasteiger partial charge in [0.15, 0.2) is 0 Å². The molecule has 6 rings (SSSR count). The number of nitrogens with zero attached hydrogens (tertiary/aromatic N) is 9. The van der Waals surface area contributed by atoms with E-state index in [1.807, 2.05) is 23.4 Å². The van der Waals surface area contributed by atoms with Gasteiger partial charge in [0.25, 0.3) is 0 Å². The zero-order chi connectivity index (χ0) is 35.7. The van der Waals surface area contributed by atoms with Gasteiger partial charge in [-0.05, 0) is 118 Å². The number of hydrogen-bond acceptors (Lipinski definition) is 8. The molecular weight excluding hydrogens is 644 g/mol. The topological polar surface area (TPSA) is 156 Å². The van der Waals surface area contributed by atoms with Crippen molar-refractivity contribution in [2.75, 3.05) is 69.1 Å². The van der Waals surface area contributed by atoms with E-state index in [4.69, 9.17) is 15.6 Å². The number of likely N-dealkylation sites (tertiary alicyclic amines) is 1. The number of azide groups is 1. The van der Waals surface area contributed by atoms with Crippen LogP contribution in [0.15, 0.2) is 41.5 Å². The Morgan fingerprint density at radius 3 is 2.67 bits per heavy atom. The Bertz CT molecular complexity index is 1730. The number of hydrogen-bond donors (Lipinski definition) is 2. The number of nitrogens with one attached hydrogen (secondary N) is 1. The predicted octanol–water partition coefficient (Wildman–Crippen LogP) is 5.88. The van der Waals surface area contributed by atoms with Crippen molar-refractivity contribution in [3.63, 3.8) is 0 Å². The second-order valence-electron chi connectivity index (χ2n) is 14.5. The zero-order valence-electron chi connectivity index (χ0n) is 30.1. The Balaban J connectivity index is 1.14. The van der Waals surface area contributed by atoms with Crippen molar-refractivity contribution in [2.24, 2.45) is 11.0 Å². The molecule has 2 N–H and O–H groups in total. The zero-order valence-corrected chi connectivity index (χ0v) is 30.1. The molecule has 0 aliphatic carbocycles. The van der Waals surface area contributed by atoms with E-state index in [2.05, 4.69) is 61.5 Å². The van der Waals surface area contributed by atoms with Crippen LogP contribution >= 0.6 is 0 Å². The van der Waals surface area contributed by atoms with Gasteiger partial charge in [-0.2, -0.15) is 5.10 Å². The maximum absolute atomic E-state index is 12.9. The minimum atomic E-state index is -0.799. The molecular formula is C38H52N10O3. The third-order valence-corrected chi connectivity index (χ3v) is 10.6. The van der Waals surface area contributed by atoms with Crippen molar-refractivity contribution >= 4 is 23.4 Å². The molecule has 3 aromatic rings. The Kier molecular flexibility index (Phi) is 12.1. The van der Waals surface area contributed by atoms with Crippen LogP contribution < -0.4 is 10.2 Å². The lowest BCUT2D eigenvalue weighted by Crippen LogP contribution is -2.48. The first-order valence-corrected chi connectivity index (χ1v) is 18.6. The molecule has 0 bridgehead atoms. The average Bonchev–Trinajstić information content (AvgIpc) is 3.74. The number of carboxylic acid groups (broad SMARTS) is 1. The van der Waals surface area contributed by atoms with Crippen LogP contribution in [0.4, 0.5) is 11.5 Å².